The Labute approximate surface area is 156 Å². The molecule has 25 heavy (non-hydrogen) atoms. The van der Waals surface area contributed by atoms with Gasteiger partial charge in [0.15, 0.2) is 0 Å². The van der Waals surface area contributed by atoms with Gasteiger partial charge in [-0.15, -0.1) is 0 Å². The topological polar surface area (TPSA) is 26.0 Å². The number of fused-ring (bicyclic) bond motifs is 5. The van der Waals surface area contributed by atoms with Crippen LogP contribution in [0.5, 0.6) is 0 Å². The number of unbranched alkanes of at least 4 members (excludes halogenated alkanes) is 1. The van der Waals surface area contributed by atoms with Crippen LogP contribution in [0, 0.1) is 39.9 Å². The molecule has 4 rings (SSSR count). The summed E-state index contributed by atoms with van der Waals surface area (Å²) in [4.78, 5) is 0. The lowest BCUT2D eigenvalue weighted by Gasteiger charge is -2.64. The molecule has 0 heterocycles. The molecule has 0 spiro atoms. The summed E-state index contributed by atoms with van der Waals surface area (Å²) in [6.07, 6.45) is 19.3. The van der Waals surface area contributed by atoms with Gasteiger partial charge in [-0.1, -0.05) is 40.0 Å². The summed E-state index contributed by atoms with van der Waals surface area (Å²) in [5.74, 6) is 4.08. The lowest BCUT2D eigenvalue weighted by molar-refractivity contribution is -0.153. The lowest BCUT2D eigenvalue weighted by Crippen LogP contribution is -2.57. The SMILES string of the molecule is CC12CCCCC1CCC1C2CC[C@]2(C)C(CCCCN)CCC12C. The van der Waals surface area contributed by atoms with Gasteiger partial charge in [0, 0.05) is 0 Å². The van der Waals surface area contributed by atoms with Crippen LogP contribution in [0.25, 0.3) is 0 Å². The average molecular weight is 346 g/mol. The molecular formula is C24H43N. The molecule has 4 aliphatic rings. The van der Waals surface area contributed by atoms with Gasteiger partial charge in [0.05, 0.1) is 0 Å². The number of hydrogen-bond donors (Lipinski definition) is 1. The van der Waals surface area contributed by atoms with Gasteiger partial charge < -0.3 is 5.73 Å². The maximum absolute atomic E-state index is 5.77. The largest absolute Gasteiger partial charge is 0.330 e. The molecule has 0 amide bonds. The van der Waals surface area contributed by atoms with Crippen molar-refractivity contribution >= 4 is 0 Å². The van der Waals surface area contributed by atoms with Gasteiger partial charge in [-0.2, -0.15) is 0 Å². The van der Waals surface area contributed by atoms with E-state index in [0.717, 1.165) is 30.2 Å². The third-order valence-electron chi connectivity index (χ3n) is 10.6. The minimum Gasteiger partial charge on any atom is -0.330 e. The van der Waals surface area contributed by atoms with Crippen molar-refractivity contribution in [2.45, 2.75) is 104 Å². The van der Waals surface area contributed by atoms with Gasteiger partial charge in [-0.05, 0) is 111 Å². The van der Waals surface area contributed by atoms with Crippen molar-refractivity contribution < 1.29 is 0 Å². The molecule has 4 saturated carbocycles. The van der Waals surface area contributed by atoms with Crippen LogP contribution in [-0.2, 0) is 0 Å². The quantitative estimate of drug-likeness (QED) is 0.574. The van der Waals surface area contributed by atoms with Crippen molar-refractivity contribution in [3.63, 3.8) is 0 Å². The van der Waals surface area contributed by atoms with Crippen molar-refractivity contribution in [2.24, 2.45) is 45.7 Å². The van der Waals surface area contributed by atoms with E-state index in [1.807, 2.05) is 0 Å². The first-order valence-electron chi connectivity index (χ1n) is 11.7. The molecule has 2 N–H and O–H groups in total. The molecule has 4 aliphatic carbocycles. The summed E-state index contributed by atoms with van der Waals surface area (Å²) in [6, 6.07) is 0. The fourth-order valence-electron chi connectivity index (χ4n) is 8.82. The number of hydrogen-bond acceptors (Lipinski definition) is 1. The molecule has 0 aromatic heterocycles. The number of nitrogens with two attached hydrogens (primary N) is 1. The third-order valence-corrected chi connectivity index (χ3v) is 10.6. The van der Waals surface area contributed by atoms with Crippen LogP contribution in [0.1, 0.15) is 104 Å². The Hall–Kier alpha value is -0.0400. The highest BCUT2D eigenvalue weighted by Crippen LogP contribution is 2.73. The molecular weight excluding hydrogens is 302 g/mol. The van der Waals surface area contributed by atoms with Gasteiger partial charge in [0.1, 0.15) is 0 Å². The molecule has 1 nitrogen and oxygen atoms in total. The van der Waals surface area contributed by atoms with E-state index in [9.17, 15) is 0 Å². The fourth-order valence-corrected chi connectivity index (χ4v) is 8.82. The summed E-state index contributed by atoms with van der Waals surface area (Å²) in [5, 5.41) is 0. The highest BCUT2D eigenvalue weighted by atomic mass is 14.7. The molecule has 0 aromatic carbocycles. The standard InChI is InChI=1S/C24H43N/c1-22-14-6-4-8-18(22)10-11-21-20(22)13-16-23(2)19(9-5-7-17-25)12-15-24(21,23)3/h18-21H,4-17,25H2,1-3H3/t18?,19?,20?,21?,22?,23-,24?/m1/s1. The zero-order chi connectivity index (χ0) is 17.7. The van der Waals surface area contributed by atoms with Crippen LogP contribution in [0.15, 0.2) is 0 Å². The Morgan fingerprint density at radius 1 is 0.760 bits per heavy atom. The van der Waals surface area contributed by atoms with Crippen molar-refractivity contribution in [1.82, 2.24) is 0 Å². The molecule has 0 saturated heterocycles. The molecule has 0 radical (unpaired) electrons. The van der Waals surface area contributed by atoms with E-state index in [0.29, 0.717) is 16.2 Å². The second kappa shape index (κ2) is 6.54. The average Bonchev–Trinajstić information content (AvgIpc) is 2.86. The Kier molecular flexibility index (Phi) is 4.79. The van der Waals surface area contributed by atoms with Crippen molar-refractivity contribution in [3.8, 4) is 0 Å². The predicted octanol–water partition coefficient (Wildman–Crippen LogP) is 6.55. The van der Waals surface area contributed by atoms with Crippen molar-refractivity contribution in [1.29, 1.82) is 0 Å². The molecule has 0 bridgehead atoms. The van der Waals surface area contributed by atoms with Gasteiger partial charge in [0.25, 0.3) is 0 Å². The molecule has 0 aromatic rings. The minimum atomic E-state index is 0.612. The van der Waals surface area contributed by atoms with E-state index in [4.69, 9.17) is 5.73 Å². The highest BCUT2D eigenvalue weighted by Gasteiger charge is 2.64. The first-order chi connectivity index (χ1) is 12.0. The zero-order valence-corrected chi connectivity index (χ0v) is 17.3. The van der Waals surface area contributed by atoms with Crippen LogP contribution in [-0.4, -0.2) is 6.54 Å². The smallest absolute Gasteiger partial charge is 0.00773 e. The molecule has 6 unspecified atom stereocenters. The van der Waals surface area contributed by atoms with Crippen molar-refractivity contribution in [3.05, 3.63) is 0 Å². The molecule has 4 fully saturated rings. The Bertz CT molecular complexity index is 486. The molecule has 7 atom stereocenters. The summed E-state index contributed by atoms with van der Waals surface area (Å²) in [5.41, 5.74) is 7.68. The van der Waals surface area contributed by atoms with Crippen LogP contribution in [0.3, 0.4) is 0 Å². The van der Waals surface area contributed by atoms with E-state index in [2.05, 4.69) is 20.8 Å². The second-order valence-electron chi connectivity index (χ2n) is 11.1. The zero-order valence-electron chi connectivity index (χ0n) is 17.3. The molecule has 144 valence electrons. The van der Waals surface area contributed by atoms with Crippen LogP contribution < -0.4 is 5.73 Å². The predicted molar refractivity (Wildman–Crippen MR) is 107 cm³/mol. The van der Waals surface area contributed by atoms with Gasteiger partial charge in [-0.3, -0.25) is 0 Å². The summed E-state index contributed by atoms with van der Waals surface area (Å²) >= 11 is 0. The summed E-state index contributed by atoms with van der Waals surface area (Å²) in [6.45, 7) is 9.04. The van der Waals surface area contributed by atoms with Gasteiger partial charge in [0.2, 0.25) is 0 Å². The van der Waals surface area contributed by atoms with Gasteiger partial charge >= 0.3 is 0 Å². The van der Waals surface area contributed by atoms with E-state index >= 15 is 0 Å². The van der Waals surface area contributed by atoms with E-state index in [1.54, 1.807) is 12.8 Å². The normalized spacial score (nSPS) is 52.3. The third kappa shape index (κ3) is 2.58. The van der Waals surface area contributed by atoms with E-state index in [-0.39, 0.29) is 0 Å². The van der Waals surface area contributed by atoms with E-state index in [1.165, 1.54) is 70.6 Å². The second-order valence-corrected chi connectivity index (χ2v) is 11.1. The first-order valence-corrected chi connectivity index (χ1v) is 11.7. The van der Waals surface area contributed by atoms with Crippen LogP contribution in [0.2, 0.25) is 0 Å². The van der Waals surface area contributed by atoms with E-state index < -0.39 is 0 Å². The lowest BCUT2D eigenvalue weighted by atomic mass is 9.40. The Morgan fingerprint density at radius 3 is 2.36 bits per heavy atom. The molecule has 1 heteroatoms. The summed E-state index contributed by atoms with van der Waals surface area (Å²) in [7, 11) is 0. The Morgan fingerprint density at radius 2 is 1.56 bits per heavy atom. The van der Waals surface area contributed by atoms with Gasteiger partial charge in [-0.25, -0.2) is 0 Å². The summed E-state index contributed by atoms with van der Waals surface area (Å²) < 4.78 is 0. The minimum absolute atomic E-state index is 0.612. The van der Waals surface area contributed by atoms with Crippen LogP contribution >= 0.6 is 0 Å². The first kappa shape index (κ1) is 18.3. The van der Waals surface area contributed by atoms with Crippen LogP contribution in [0.4, 0.5) is 0 Å². The fraction of sp³-hybridized carbons (Fsp3) is 1.00. The maximum Gasteiger partial charge on any atom is -0.00773 e. The highest BCUT2D eigenvalue weighted by molar-refractivity contribution is 5.13. The molecule has 0 aliphatic heterocycles. The number of rotatable bonds is 4. The Balaban J connectivity index is 1.57. The maximum atomic E-state index is 5.77. The van der Waals surface area contributed by atoms with Crippen molar-refractivity contribution in [2.75, 3.05) is 6.54 Å². The monoisotopic (exact) mass is 345 g/mol.